The molecule has 1 fully saturated rings. The molecule has 0 aromatic heterocycles. The number of nitrogens with one attached hydrogen (secondary N) is 2. The number of carbonyl (C=O) groups is 2. The van der Waals surface area contributed by atoms with Crippen LogP contribution >= 0.6 is 0 Å². The van der Waals surface area contributed by atoms with E-state index in [4.69, 9.17) is 0 Å². The van der Waals surface area contributed by atoms with E-state index in [1.54, 1.807) is 12.1 Å². The second-order valence-corrected chi connectivity index (χ2v) is 8.11. The van der Waals surface area contributed by atoms with Crippen LogP contribution in [-0.4, -0.2) is 41.9 Å². The van der Waals surface area contributed by atoms with E-state index >= 15 is 0 Å². The molecule has 5 nitrogen and oxygen atoms in total. The summed E-state index contributed by atoms with van der Waals surface area (Å²) < 4.78 is 0. The minimum absolute atomic E-state index is 0.0147. The molecular formula is C24H31N3O2. The second kappa shape index (κ2) is 10.2. The van der Waals surface area contributed by atoms with Crippen LogP contribution in [0.15, 0.2) is 60.7 Å². The molecule has 0 radical (unpaired) electrons. The van der Waals surface area contributed by atoms with Crippen molar-refractivity contribution in [2.75, 3.05) is 13.1 Å². The third kappa shape index (κ3) is 6.16. The standard InChI is InChI=1S/C24H31N3O2/c1-18(2)22(26-23(28)20-11-7-4-8-12-20)24(29)25-21-13-15-27(16-14-21)17-19-9-5-3-6-10-19/h3-12,18,21-22H,13-17H2,1-2H3,(H,25,29)(H,26,28)/t22-/m1/s1. The normalized spacial score (nSPS) is 16.4. The predicted molar refractivity (Wildman–Crippen MR) is 115 cm³/mol. The van der Waals surface area contributed by atoms with Gasteiger partial charge in [0, 0.05) is 31.2 Å². The maximum Gasteiger partial charge on any atom is 0.251 e. The molecule has 2 N–H and O–H groups in total. The van der Waals surface area contributed by atoms with Crippen molar-refractivity contribution >= 4 is 11.8 Å². The molecule has 2 aromatic carbocycles. The summed E-state index contributed by atoms with van der Waals surface area (Å²) in [6.07, 6.45) is 1.85. The van der Waals surface area contributed by atoms with Crippen molar-refractivity contribution in [3.8, 4) is 0 Å². The topological polar surface area (TPSA) is 61.4 Å². The molecule has 0 spiro atoms. The van der Waals surface area contributed by atoms with Gasteiger partial charge >= 0.3 is 0 Å². The van der Waals surface area contributed by atoms with E-state index in [2.05, 4.69) is 39.8 Å². The summed E-state index contributed by atoms with van der Waals surface area (Å²) in [5, 5.41) is 6.06. The van der Waals surface area contributed by atoms with Gasteiger partial charge in [0.1, 0.15) is 6.04 Å². The Kier molecular flexibility index (Phi) is 7.42. The minimum atomic E-state index is -0.537. The summed E-state index contributed by atoms with van der Waals surface area (Å²) in [5.41, 5.74) is 1.89. The Balaban J connectivity index is 1.49. The van der Waals surface area contributed by atoms with Gasteiger partial charge in [0.05, 0.1) is 0 Å². The molecule has 5 heteroatoms. The van der Waals surface area contributed by atoms with Crippen molar-refractivity contribution in [3.63, 3.8) is 0 Å². The Labute approximate surface area is 173 Å². The molecular weight excluding hydrogens is 362 g/mol. The number of piperidine rings is 1. The van der Waals surface area contributed by atoms with Crippen molar-refractivity contribution in [2.24, 2.45) is 5.92 Å². The predicted octanol–water partition coefficient (Wildman–Crippen LogP) is 3.22. The number of hydrogen-bond donors (Lipinski definition) is 2. The van der Waals surface area contributed by atoms with Crippen LogP contribution in [0.5, 0.6) is 0 Å². The highest BCUT2D eigenvalue weighted by Gasteiger charge is 2.28. The smallest absolute Gasteiger partial charge is 0.251 e. The van der Waals surface area contributed by atoms with Gasteiger partial charge in [-0.1, -0.05) is 62.4 Å². The molecule has 1 atom stereocenters. The largest absolute Gasteiger partial charge is 0.351 e. The quantitative estimate of drug-likeness (QED) is 0.759. The molecule has 2 amide bonds. The average molecular weight is 394 g/mol. The average Bonchev–Trinajstić information content (AvgIpc) is 2.74. The first kappa shape index (κ1) is 21.1. The summed E-state index contributed by atoms with van der Waals surface area (Å²) in [5.74, 6) is -0.288. The van der Waals surface area contributed by atoms with Crippen LogP contribution in [0.2, 0.25) is 0 Å². The van der Waals surface area contributed by atoms with Gasteiger partial charge in [0.2, 0.25) is 5.91 Å². The molecule has 2 aromatic rings. The molecule has 0 unspecified atom stereocenters. The lowest BCUT2D eigenvalue weighted by molar-refractivity contribution is -0.125. The number of likely N-dealkylation sites (tertiary alicyclic amines) is 1. The van der Waals surface area contributed by atoms with E-state index < -0.39 is 6.04 Å². The summed E-state index contributed by atoms with van der Waals surface area (Å²) in [6, 6.07) is 19.1. The van der Waals surface area contributed by atoms with Crippen LogP contribution < -0.4 is 10.6 Å². The molecule has 1 aliphatic rings. The van der Waals surface area contributed by atoms with E-state index in [9.17, 15) is 9.59 Å². The zero-order chi connectivity index (χ0) is 20.6. The van der Waals surface area contributed by atoms with E-state index in [1.807, 2.05) is 38.1 Å². The fourth-order valence-electron chi connectivity index (χ4n) is 3.72. The Morgan fingerprint density at radius 2 is 1.55 bits per heavy atom. The summed E-state index contributed by atoms with van der Waals surface area (Å²) >= 11 is 0. The van der Waals surface area contributed by atoms with Gasteiger partial charge < -0.3 is 10.6 Å². The maximum absolute atomic E-state index is 12.9. The van der Waals surface area contributed by atoms with E-state index in [1.165, 1.54) is 5.56 Å². The van der Waals surface area contributed by atoms with Crippen LogP contribution in [0.25, 0.3) is 0 Å². The fraction of sp³-hybridized carbons (Fsp3) is 0.417. The summed E-state index contributed by atoms with van der Waals surface area (Å²) in [4.78, 5) is 27.8. The highest BCUT2D eigenvalue weighted by molar-refractivity contribution is 5.97. The van der Waals surface area contributed by atoms with Crippen molar-refractivity contribution in [3.05, 3.63) is 71.8 Å². The molecule has 1 saturated heterocycles. The zero-order valence-electron chi connectivity index (χ0n) is 17.3. The van der Waals surface area contributed by atoms with Crippen LogP contribution in [0.3, 0.4) is 0 Å². The van der Waals surface area contributed by atoms with Crippen molar-refractivity contribution in [1.29, 1.82) is 0 Å². The highest BCUT2D eigenvalue weighted by Crippen LogP contribution is 2.15. The molecule has 0 bridgehead atoms. The van der Waals surface area contributed by atoms with Crippen molar-refractivity contribution < 1.29 is 9.59 Å². The van der Waals surface area contributed by atoms with Gasteiger partial charge in [0.25, 0.3) is 5.91 Å². The molecule has 3 rings (SSSR count). The van der Waals surface area contributed by atoms with Gasteiger partial charge in [-0.3, -0.25) is 14.5 Å². The Morgan fingerprint density at radius 1 is 0.966 bits per heavy atom. The zero-order valence-corrected chi connectivity index (χ0v) is 17.3. The number of benzene rings is 2. The van der Waals surface area contributed by atoms with Gasteiger partial charge in [0.15, 0.2) is 0 Å². The van der Waals surface area contributed by atoms with E-state index in [0.29, 0.717) is 5.56 Å². The van der Waals surface area contributed by atoms with Crippen LogP contribution in [0.1, 0.15) is 42.6 Å². The fourth-order valence-corrected chi connectivity index (χ4v) is 3.72. The van der Waals surface area contributed by atoms with Crippen LogP contribution in [-0.2, 0) is 11.3 Å². The first-order chi connectivity index (χ1) is 14.0. The van der Waals surface area contributed by atoms with Crippen molar-refractivity contribution in [2.45, 2.75) is 45.3 Å². The highest BCUT2D eigenvalue weighted by atomic mass is 16.2. The lowest BCUT2D eigenvalue weighted by atomic mass is 10.00. The van der Waals surface area contributed by atoms with Crippen molar-refractivity contribution in [1.82, 2.24) is 15.5 Å². The third-order valence-corrected chi connectivity index (χ3v) is 5.45. The number of rotatable bonds is 7. The summed E-state index contributed by atoms with van der Waals surface area (Å²) in [7, 11) is 0. The SMILES string of the molecule is CC(C)[C@@H](NC(=O)c1ccccc1)C(=O)NC1CCN(Cc2ccccc2)CC1. The minimum Gasteiger partial charge on any atom is -0.351 e. The second-order valence-electron chi connectivity index (χ2n) is 8.11. The van der Waals surface area contributed by atoms with Gasteiger partial charge in [-0.25, -0.2) is 0 Å². The number of amides is 2. The number of hydrogen-bond acceptors (Lipinski definition) is 3. The van der Waals surface area contributed by atoms with Crippen LogP contribution in [0, 0.1) is 5.92 Å². The molecule has 0 saturated carbocycles. The Morgan fingerprint density at radius 3 is 2.14 bits per heavy atom. The molecule has 1 heterocycles. The van der Waals surface area contributed by atoms with Gasteiger partial charge in [-0.2, -0.15) is 0 Å². The van der Waals surface area contributed by atoms with Gasteiger partial charge in [-0.05, 0) is 36.5 Å². The molecule has 29 heavy (non-hydrogen) atoms. The lowest BCUT2D eigenvalue weighted by Gasteiger charge is -2.33. The summed E-state index contributed by atoms with van der Waals surface area (Å²) in [6.45, 7) is 6.78. The van der Waals surface area contributed by atoms with E-state index in [-0.39, 0.29) is 23.8 Å². The maximum atomic E-state index is 12.9. The molecule has 0 aliphatic carbocycles. The monoisotopic (exact) mass is 393 g/mol. The number of carbonyl (C=O) groups excluding carboxylic acids is 2. The van der Waals surface area contributed by atoms with Gasteiger partial charge in [-0.15, -0.1) is 0 Å². The first-order valence-corrected chi connectivity index (χ1v) is 10.5. The van der Waals surface area contributed by atoms with Crippen LogP contribution in [0.4, 0.5) is 0 Å². The first-order valence-electron chi connectivity index (χ1n) is 10.5. The molecule has 154 valence electrons. The third-order valence-electron chi connectivity index (χ3n) is 5.45. The lowest BCUT2D eigenvalue weighted by Crippen LogP contribution is -2.53. The Hall–Kier alpha value is -2.66. The number of nitrogens with zero attached hydrogens (tertiary/aromatic N) is 1. The Bertz CT molecular complexity index is 784. The molecule has 1 aliphatic heterocycles. The van der Waals surface area contributed by atoms with E-state index in [0.717, 1.165) is 32.5 Å².